The Hall–Kier alpha value is -0.760. The van der Waals surface area contributed by atoms with E-state index in [0.29, 0.717) is 5.88 Å². The Morgan fingerprint density at radius 1 is 1.38 bits per heavy atom. The molecule has 1 rings (SSSR count). The van der Waals surface area contributed by atoms with E-state index in [1.165, 1.54) is 6.42 Å². The largest absolute Gasteiger partial charge is 0.360 e. The van der Waals surface area contributed by atoms with Crippen LogP contribution in [-0.4, -0.2) is 18.6 Å². The van der Waals surface area contributed by atoms with Gasteiger partial charge in [0.25, 0.3) is 0 Å². The van der Waals surface area contributed by atoms with Crippen molar-refractivity contribution in [2.45, 2.75) is 33.1 Å². The zero-order valence-electron chi connectivity index (χ0n) is 10.6. The molecule has 0 unspecified atom stereocenters. The van der Waals surface area contributed by atoms with E-state index in [1.807, 2.05) is 13.0 Å². The summed E-state index contributed by atoms with van der Waals surface area (Å²) in [7, 11) is 2.09. The molecule has 0 radical (unpaired) electrons. The van der Waals surface area contributed by atoms with Gasteiger partial charge in [0.05, 0.1) is 0 Å². The third-order valence-electron chi connectivity index (χ3n) is 2.76. The number of anilines is 1. The molecule has 0 amide bonds. The first-order valence-electron chi connectivity index (χ1n) is 5.78. The number of nitrogens with zero attached hydrogens (tertiary/aromatic N) is 2. The zero-order valence-corrected chi connectivity index (χ0v) is 11.4. The van der Waals surface area contributed by atoms with Crippen LogP contribution in [-0.2, 0) is 5.88 Å². The van der Waals surface area contributed by atoms with Crippen LogP contribution in [0.1, 0.15) is 31.5 Å². The molecule has 90 valence electrons. The minimum Gasteiger partial charge on any atom is -0.360 e. The van der Waals surface area contributed by atoms with Crippen molar-refractivity contribution in [2.24, 2.45) is 5.92 Å². The summed E-state index contributed by atoms with van der Waals surface area (Å²) in [5.41, 5.74) is 2.14. The van der Waals surface area contributed by atoms with Crippen molar-refractivity contribution in [1.29, 1.82) is 0 Å². The van der Waals surface area contributed by atoms with Gasteiger partial charge in [-0.1, -0.05) is 19.9 Å². The second-order valence-electron chi connectivity index (χ2n) is 4.65. The van der Waals surface area contributed by atoms with Crippen molar-refractivity contribution in [3.63, 3.8) is 0 Å². The average Bonchev–Trinajstić information content (AvgIpc) is 2.25. The van der Waals surface area contributed by atoms with E-state index in [0.717, 1.165) is 29.5 Å². The first kappa shape index (κ1) is 13.3. The van der Waals surface area contributed by atoms with Crippen LogP contribution >= 0.6 is 11.6 Å². The molecular weight excluding hydrogens is 220 g/mol. The lowest BCUT2D eigenvalue weighted by molar-refractivity contribution is 0.583. The standard InChI is InChI=1S/C13H21ClN2/c1-10(2)7-8-16(4)13-6-5-12(9-14)11(3)15-13/h5-6,10H,7-9H2,1-4H3. The maximum absolute atomic E-state index is 5.81. The lowest BCUT2D eigenvalue weighted by atomic mass is 10.1. The highest BCUT2D eigenvalue weighted by Crippen LogP contribution is 2.16. The topological polar surface area (TPSA) is 16.1 Å². The normalized spacial score (nSPS) is 10.9. The Balaban J connectivity index is 2.69. The van der Waals surface area contributed by atoms with Gasteiger partial charge in [-0.25, -0.2) is 4.98 Å². The SMILES string of the molecule is Cc1nc(N(C)CCC(C)C)ccc1CCl. The first-order chi connectivity index (χ1) is 7.54. The molecule has 0 bridgehead atoms. The number of aromatic nitrogens is 1. The molecule has 0 aliphatic heterocycles. The van der Waals surface area contributed by atoms with Crippen LogP contribution in [0.25, 0.3) is 0 Å². The summed E-state index contributed by atoms with van der Waals surface area (Å²) in [6.07, 6.45) is 1.19. The fraction of sp³-hybridized carbons (Fsp3) is 0.615. The molecule has 0 saturated heterocycles. The average molecular weight is 241 g/mol. The summed E-state index contributed by atoms with van der Waals surface area (Å²) in [6, 6.07) is 4.11. The Morgan fingerprint density at radius 3 is 2.56 bits per heavy atom. The van der Waals surface area contributed by atoms with E-state index in [9.17, 15) is 0 Å². The van der Waals surface area contributed by atoms with Gasteiger partial charge < -0.3 is 4.90 Å². The predicted molar refractivity (Wildman–Crippen MR) is 71.3 cm³/mol. The summed E-state index contributed by atoms with van der Waals surface area (Å²) < 4.78 is 0. The van der Waals surface area contributed by atoms with Gasteiger partial charge in [-0.15, -0.1) is 11.6 Å². The van der Waals surface area contributed by atoms with Crippen molar-refractivity contribution in [3.05, 3.63) is 23.4 Å². The molecule has 1 aromatic rings. The number of aryl methyl sites for hydroxylation is 1. The van der Waals surface area contributed by atoms with Gasteiger partial charge in [-0.3, -0.25) is 0 Å². The highest BCUT2D eigenvalue weighted by Gasteiger charge is 2.06. The van der Waals surface area contributed by atoms with Crippen molar-refractivity contribution < 1.29 is 0 Å². The summed E-state index contributed by atoms with van der Waals surface area (Å²) in [5.74, 6) is 2.30. The molecule has 0 atom stereocenters. The van der Waals surface area contributed by atoms with Gasteiger partial charge in [0.1, 0.15) is 5.82 Å². The number of halogens is 1. The summed E-state index contributed by atoms with van der Waals surface area (Å²) in [5, 5.41) is 0. The van der Waals surface area contributed by atoms with E-state index in [1.54, 1.807) is 0 Å². The molecule has 0 fully saturated rings. The van der Waals surface area contributed by atoms with E-state index >= 15 is 0 Å². The van der Waals surface area contributed by atoms with E-state index in [4.69, 9.17) is 11.6 Å². The molecule has 0 aromatic carbocycles. The maximum atomic E-state index is 5.81. The monoisotopic (exact) mass is 240 g/mol. The highest BCUT2D eigenvalue weighted by atomic mass is 35.5. The number of hydrogen-bond acceptors (Lipinski definition) is 2. The van der Waals surface area contributed by atoms with Crippen molar-refractivity contribution in [3.8, 4) is 0 Å². The molecule has 0 aliphatic rings. The van der Waals surface area contributed by atoms with Gasteiger partial charge in [-0.05, 0) is 30.9 Å². The molecule has 0 saturated carbocycles. The lowest BCUT2D eigenvalue weighted by Gasteiger charge is -2.20. The van der Waals surface area contributed by atoms with Crippen LogP contribution in [0.5, 0.6) is 0 Å². The summed E-state index contributed by atoms with van der Waals surface area (Å²) >= 11 is 5.81. The van der Waals surface area contributed by atoms with E-state index < -0.39 is 0 Å². The van der Waals surface area contributed by atoms with Crippen LogP contribution in [0.2, 0.25) is 0 Å². The van der Waals surface area contributed by atoms with Crippen LogP contribution in [0.15, 0.2) is 12.1 Å². The second kappa shape index (κ2) is 6.09. The highest BCUT2D eigenvalue weighted by molar-refractivity contribution is 6.17. The van der Waals surface area contributed by atoms with Crippen molar-refractivity contribution >= 4 is 17.4 Å². The van der Waals surface area contributed by atoms with Crippen LogP contribution < -0.4 is 4.90 Å². The Morgan fingerprint density at radius 2 is 2.06 bits per heavy atom. The Kier molecular flexibility index (Phi) is 5.07. The van der Waals surface area contributed by atoms with E-state index in [-0.39, 0.29) is 0 Å². The predicted octanol–water partition coefficient (Wildman–Crippen LogP) is 3.61. The maximum Gasteiger partial charge on any atom is 0.128 e. The van der Waals surface area contributed by atoms with Gasteiger partial charge in [0.2, 0.25) is 0 Å². The second-order valence-corrected chi connectivity index (χ2v) is 4.92. The minimum atomic E-state index is 0.537. The molecule has 0 N–H and O–H groups in total. The molecule has 3 heteroatoms. The molecule has 0 spiro atoms. The fourth-order valence-electron chi connectivity index (χ4n) is 1.50. The molecule has 0 aliphatic carbocycles. The third kappa shape index (κ3) is 3.67. The smallest absolute Gasteiger partial charge is 0.128 e. The van der Waals surface area contributed by atoms with Gasteiger partial charge in [-0.2, -0.15) is 0 Å². The molecule has 1 aromatic heterocycles. The summed E-state index contributed by atoms with van der Waals surface area (Å²) in [6.45, 7) is 7.54. The Labute approximate surface area is 104 Å². The number of alkyl halides is 1. The minimum absolute atomic E-state index is 0.537. The van der Waals surface area contributed by atoms with Crippen LogP contribution in [0.3, 0.4) is 0 Å². The number of hydrogen-bond donors (Lipinski definition) is 0. The number of rotatable bonds is 5. The first-order valence-corrected chi connectivity index (χ1v) is 6.31. The molecule has 2 nitrogen and oxygen atoms in total. The lowest BCUT2D eigenvalue weighted by Crippen LogP contribution is -2.21. The van der Waals surface area contributed by atoms with E-state index in [2.05, 4.69) is 36.8 Å². The van der Waals surface area contributed by atoms with Crippen molar-refractivity contribution in [1.82, 2.24) is 4.98 Å². The quantitative estimate of drug-likeness (QED) is 0.731. The van der Waals surface area contributed by atoms with Gasteiger partial charge >= 0.3 is 0 Å². The molecule has 1 heterocycles. The fourth-order valence-corrected chi connectivity index (χ4v) is 1.78. The van der Waals surface area contributed by atoms with Crippen molar-refractivity contribution in [2.75, 3.05) is 18.5 Å². The molecular formula is C13H21ClN2. The van der Waals surface area contributed by atoms with Crippen LogP contribution in [0.4, 0.5) is 5.82 Å². The zero-order chi connectivity index (χ0) is 12.1. The van der Waals surface area contributed by atoms with Gasteiger partial charge in [0, 0.05) is 25.2 Å². The molecule has 16 heavy (non-hydrogen) atoms. The van der Waals surface area contributed by atoms with Gasteiger partial charge in [0.15, 0.2) is 0 Å². The third-order valence-corrected chi connectivity index (χ3v) is 3.05. The number of pyridine rings is 1. The Bertz CT molecular complexity index is 337. The van der Waals surface area contributed by atoms with Crippen LogP contribution in [0, 0.1) is 12.8 Å². The summed E-state index contributed by atoms with van der Waals surface area (Å²) in [4.78, 5) is 6.76.